The first-order chi connectivity index (χ1) is 8.22. The van der Waals surface area contributed by atoms with Crippen LogP contribution in [0.5, 0.6) is 5.75 Å². The van der Waals surface area contributed by atoms with Gasteiger partial charge in [0.1, 0.15) is 5.75 Å². The van der Waals surface area contributed by atoms with Gasteiger partial charge in [0.05, 0.1) is 7.11 Å². The van der Waals surface area contributed by atoms with Crippen LogP contribution in [-0.2, 0) is 0 Å². The number of hydrogen-bond acceptors (Lipinski definition) is 3. The molecule has 0 atom stereocenters. The number of nitrogens with two attached hydrogens (primary N) is 1. The molecule has 0 bridgehead atoms. The Kier molecular flexibility index (Phi) is 3.10. The molecular weight excluding hydrogens is 214 g/mol. The Morgan fingerprint density at radius 1 is 1.06 bits per heavy atom. The molecule has 0 aliphatic heterocycles. The molecule has 0 spiro atoms. The Bertz CT molecular complexity index is 532. The molecule has 0 unspecified atom stereocenters. The predicted octanol–water partition coefficient (Wildman–Crippen LogP) is 2.51. The highest BCUT2D eigenvalue weighted by atomic mass is 16.5. The maximum atomic E-state index is 12.1. The lowest BCUT2D eigenvalue weighted by Crippen LogP contribution is -2.04. The first kappa shape index (κ1) is 11.2. The summed E-state index contributed by atoms with van der Waals surface area (Å²) < 4.78 is 5.04. The van der Waals surface area contributed by atoms with Crippen LogP contribution >= 0.6 is 0 Å². The zero-order valence-corrected chi connectivity index (χ0v) is 9.51. The van der Waals surface area contributed by atoms with Gasteiger partial charge in [-0.2, -0.15) is 0 Å². The molecule has 0 heterocycles. The topological polar surface area (TPSA) is 52.3 Å². The van der Waals surface area contributed by atoms with E-state index in [0.29, 0.717) is 16.8 Å². The summed E-state index contributed by atoms with van der Waals surface area (Å²) in [7, 11) is 1.59. The lowest BCUT2D eigenvalue weighted by atomic mass is 10.0. The molecule has 0 saturated heterocycles. The molecule has 0 amide bonds. The zero-order chi connectivity index (χ0) is 12.3. The van der Waals surface area contributed by atoms with Crippen LogP contribution in [0, 0.1) is 0 Å². The van der Waals surface area contributed by atoms with E-state index in [1.54, 1.807) is 55.6 Å². The number of para-hydroxylation sites is 1. The third kappa shape index (κ3) is 2.28. The molecule has 17 heavy (non-hydrogen) atoms. The number of ether oxygens (including phenoxy) is 1. The molecule has 0 aliphatic rings. The number of anilines is 1. The summed E-state index contributed by atoms with van der Waals surface area (Å²) in [5, 5.41) is 0. The van der Waals surface area contributed by atoms with Gasteiger partial charge in [-0.3, -0.25) is 4.79 Å². The van der Waals surface area contributed by atoms with Crippen molar-refractivity contribution in [3.63, 3.8) is 0 Å². The van der Waals surface area contributed by atoms with Gasteiger partial charge >= 0.3 is 0 Å². The molecular formula is C14H13NO2. The Morgan fingerprint density at radius 2 is 1.71 bits per heavy atom. The first-order valence-electron chi connectivity index (χ1n) is 5.25. The van der Waals surface area contributed by atoms with Crippen molar-refractivity contribution in [2.24, 2.45) is 0 Å². The van der Waals surface area contributed by atoms with Crippen molar-refractivity contribution < 1.29 is 9.53 Å². The van der Waals surface area contributed by atoms with Gasteiger partial charge in [-0.25, -0.2) is 0 Å². The lowest BCUT2D eigenvalue weighted by molar-refractivity contribution is 0.103. The summed E-state index contributed by atoms with van der Waals surface area (Å²) in [6.45, 7) is 0. The second-order valence-corrected chi connectivity index (χ2v) is 3.64. The number of rotatable bonds is 3. The Labute approximate surface area is 99.8 Å². The Balaban J connectivity index is 2.34. The molecule has 0 radical (unpaired) electrons. The van der Waals surface area contributed by atoms with Gasteiger partial charge in [0.25, 0.3) is 0 Å². The smallest absolute Gasteiger partial charge is 0.195 e. The van der Waals surface area contributed by atoms with Crippen molar-refractivity contribution in [1.82, 2.24) is 0 Å². The van der Waals surface area contributed by atoms with Crippen LogP contribution in [0.25, 0.3) is 0 Å². The highest BCUT2D eigenvalue weighted by Crippen LogP contribution is 2.18. The average Bonchev–Trinajstić information content (AvgIpc) is 2.39. The van der Waals surface area contributed by atoms with Crippen LogP contribution in [0.2, 0.25) is 0 Å². The highest BCUT2D eigenvalue weighted by Gasteiger charge is 2.11. The highest BCUT2D eigenvalue weighted by molar-refractivity contribution is 6.12. The van der Waals surface area contributed by atoms with Gasteiger partial charge in [0.2, 0.25) is 0 Å². The van der Waals surface area contributed by atoms with Crippen molar-refractivity contribution in [3.8, 4) is 5.75 Å². The van der Waals surface area contributed by atoms with Crippen molar-refractivity contribution in [1.29, 1.82) is 0 Å². The number of benzene rings is 2. The van der Waals surface area contributed by atoms with E-state index in [-0.39, 0.29) is 5.78 Å². The number of nitrogen functional groups attached to an aromatic ring is 1. The van der Waals surface area contributed by atoms with Crippen LogP contribution in [0.15, 0.2) is 48.5 Å². The Hall–Kier alpha value is -2.29. The van der Waals surface area contributed by atoms with Gasteiger partial charge in [-0.05, 0) is 36.4 Å². The third-order valence-corrected chi connectivity index (χ3v) is 2.56. The minimum absolute atomic E-state index is 0.0780. The maximum Gasteiger partial charge on any atom is 0.195 e. The first-order valence-corrected chi connectivity index (χ1v) is 5.25. The van der Waals surface area contributed by atoms with Gasteiger partial charge in [-0.1, -0.05) is 12.1 Å². The van der Waals surface area contributed by atoms with Crippen LogP contribution in [-0.4, -0.2) is 12.9 Å². The van der Waals surface area contributed by atoms with Gasteiger partial charge in [-0.15, -0.1) is 0 Å². The van der Waals surface area contributed by atoms with E-state index >= 15 is 0 Å². The molecule has 2 aromatic rings. The summed E-state index contributed by atoms with van der Waals surface area (Å²) in [6.07, 6.45) is 0. The maximum absolute atomic E-state index is 12.1. The van der Waals surface area contributed by atoms with Gasteiger partial charge < -0.3 is 10.5 Å². The zero-order valence-electron chi connectivity index (χ0n) is 9.51. The van der Waals surface area contributed by atoms with Crippen molar-refractivity contribution in [3.05, 3.63) is 59.7 Å². The molecule has 0 aromatic heterocycles. The summed E-state index contributed by atoms with van der Waals surface area (Å²) in [4.78, 5) is 12.1. The van der Waals surface area contributed by atoms with Crippen molar-refractivity contribution >= 4 is 11.5 Å². The molecule has 2 aromatic carbocycles. The van der Waals surface area contributed by atoms with E-state index < -0.39 is 0 Å². The van der Waals surface area contributed by atoms with Crippen LogP contribution in [0.3, 0.4) is 0 Å². The van der Waals surface area contributed by atoms with E-state index in [9.17, 15) is 4.79 Å². The quantitative estimate of drug-likeness (QED) is 0.647. The lowest BCUT2D eigenvalue weighted by Gasteiger charge is -2.05. The standard InChI is InChI=1S/C14H13NO2/c1-17-11-8-6-10(7-9-11)14(16)12-4-2-3-5-13(12)15/h2-9H,15H2,1H3. The predicted molar refractivity (Wildman–Crippen MR) is 67.3 cm³/mol. The fraction of sp³-hybridized carbons (Fsp3) is 0.0714. The number of carbonyl (C=O) groups is 1. The molecule has 2 N–H and O–H groups in total. The van der Waals surface area contributed by atoms with E-state index in [0.717, 1.165) is 5.75 Å². The largest absolute Gasteiger partial charge is 0.497 e. The Morgan fingerprint density at radius 3 is 2.29 bits per heavy atom. The molecule has 0 aliphatic carbocycles. The minimum Gasteiger partial charge on any atom is -0.497 e. The molecule has 3 heteroatoms. The second kappa shape index (κ2) is 4.70. The van der Waals surface area contributed by atoms with Crippen molar-refractivity contribution in [2.75, 3.05) is 12.8 Å². The summed E-state index contributed by atoms with van der Waals surface area (Å²) in [5.74, 6) is 0.647. The monoisotopic (exact) mass is 227 g/mol. The van der Waals surface area contributed by atoms with Gasteiger partial charge in [0.15, 0.2) is 5.78 Å². The van der Waals surface area contributed by atoms with Gasteiger partial charge in [0, 0.05) is 16.8 Å². The molecule has 0 saturated carbocycles. The summed E-state index contributed by atoms with van der Waals surface area (Å²) in [5.41, 5.74) is 7.39. The van der Waals surface area contributed by atoms with Crippen molar-refractivity contribution in [2.45, 2.75) is 0 Å². The summed E-state index contributed by atoms with van der Waals surface area (Å²) >= 11 is 0. The SMILES string of the molecule is COc1ccc(C(=O)c2ccccc2N)cc1. The van der Waals surface area contributed by atoms with E-state index in [1.807, 2.05) is 0 Å². The minimum atomic E-state index is -0.0780. The van der Waals surface area contributed by atoms with Crippen LogP contribution in [0.4, 0.5) is 5.69 Å². The summed E-state index contributed by atoms with van der Waals surface area (Å²) in [6, 6.07) is 14.0. The number of carbonyl (C=O) groups excluding carboxylic acids is 1. The third-order valence-electron chi connectivity index (χ3n) is 2.56. The number of methoxy groups -OCH3 is 1. The van der Waals surface area contributed by atoms with E-state index in [1.165, 1.54) is 0 Å². The number of hydrogen-bond donors (Lipinski definition) is 1. The normalized spacial score (nSPS) is 9.94. The molecule has 0 fully saturated rings. The molecule has 2 rings (SSSR count). The number of ketones is 1. The van der Waals surface area contributed by atoms with Crippen LogP contribution in [0.1, 0.15) is 15.9 Å². The second-order valence-electron chi connectivity index (χ2n) is 3.64. The molecule has 3 nitrogen and oxygen atoms in total. The average molecular weight is 227 g/mol. The van der Waals surface area contributed by atoms with E-state index in [4.69, 9.17) is 10.5 Å². The van der Waals surface area contributed by atoms with E-state index in [2.05, 4.69) is 0 Å². The van der Waals surface area contributed by atoms with Crippen LogP contribution < -0.4 is 10.5 Å². The fourth-order valence-corrected chi connectivity index (χ4v) is 1.60. The molecule has 86 valence electrons. The fourth-order valence-electron chi connectivity index (χ4n) is 1.60.